The first-order valence-electron chi connectivity index (χ1n) is 16.6. The Labute approximate surface area is 241 Å². The van der Waals surface area contributed by atoms with E-state index in [1.54, 1.807) is 7.11 Å². The minimum absolute atomic E-state index is 0.0484. The Morgan fingerprint density at radius 3 is 2.62 bits per heavy atom. The van der Waals surface area contributed by atoms with E-state index in [0.717, 1.165) is 56.7 Å². The molecule has 7 aliphatic rings. The molecule has 0 aromatic rings. The molecule has 2 spiro atoms. The smallest absolute Gasteiger partial charge is 0.155 e. The number of hydrogen-bond donors (Lipinski definition) is 0. The van der Waals surface area contributed by atoms with Gasteiger partial charge in [-0.05, 0) is 98.4 Å². The molecule has 0 N–H and O–H groups in total. The summed E-state index contributed by atoms with van der Waals surface area (Å²) in [6.45, 7) is 13.0. The highest BCUT2D eigenvalue weighted by atomic mass is 16.5. The Morgan fingerprint density at radius 2 is 1.80 bits per heavy atom. The highest BCUT2D eigenvalue weighted by Gasteiger charge is 2.83. The number of carbonyl (C=O) groups is 1. The fourth-order valence-electron chi connectivity index (χ4n) is 11.6. The van der Waals surface area contributed by atoms with Crippen molar-refractivity contribution in [3.8, 4) is 0 Å². The average Bonchev–Trinajstić information content (AvgIpc) is 3.21. The Bertz CT molecular complexity index is 1030. The molecule has 0 radical (unpaired) electrons. The molecule has 6 heteroatoms. The molecule has 10 atom stereocenters. The van der Waals surface area contributed by atoms with Gasteiger partial charge in [0.25, 0.3) is 0 Å². The second kappa shape index (κ2) is 10.1. The van der Waals surface area contributed by atoms with Crippen LogP contribution in [0.15, 0.2) is 11.6 Å². The molecule has 0 aromatic heterocycles. The molecule has 6 fully saturated rings. The van der Waals surface area contributed by atoms with E-state index in [-0.39, 0.29) is 11.0 Å². The van der Waals surface area contributed by atoms with Crippen LogP contribution in [-0.4, -0.2) is 81.7 Å². The number of ether oxygens (including phenoxy) is 4. The number of allylic oxidation sites excluding steroid dienone is 2. The Kier molecular flexibility index (Phi) is 7.10. The summed E-state index contributed by atoms with van der Waals surface area (Å²) >= 11 is 0. The molecule has 6 nitrogen and oxygen atoms in total. The summed E-state index contributed by atoms with van der Waals surface area (Å²) in [5.41, 5.74) is 2.58. The van der Waals surface area contributed by atoms with E-state index in [0.29, 0.717) is 61.1 Å². The van der Waals surface area contributed by atoms with Crippen molar-refractivity contribution < 1.29 is 23.7 Å². The molecule has 2 aliphatic heterocycles. The van der Waals surface area contributed by atoms with Gasteiger partial charge in [-0.25, -0.2) is 0 Å². The van der Waals surface area contributed by atoms with Gasteiger partial charge < -0.3 is 18.9 Å². The molecule has 5 aliphatic carbocycles. The van der Waals surface area contributed by atoms with E-state index in [2.05, 4.69) is 31.7 Å². The van der Waals surface area contributed by atoms with E-state index in [1.807, 2.05) is 0 Å². The molecule has 7 rings (SSSR count). The third-order valence-electron chi connectivity index (χ3n) is 13.7. The summed E-state index contributed by atoms with van der Waals surface area (Å²) in [6, 6.07) is 0.531. The lowest BCUT2D eigenvalue weighted by Gasteiger charge is -2.49. The number of hydrogen-bond acceptors (Lipinski definition) is 6. The Hall–Kier alpha value is -0.790. The normalized spacial score (nSPS) is 49.2. The molecule has 2 heterocycles. The molecule has 40 heavy (non-hydrogen) atoms. The third-order valence-corrected chi connectivity index (χ3v) is 13.7. The molecule has 4 saturated carbocycles. The number of likely N-dealkylation sites (tertiary alicyclic amines) is 1. The summed E-state index contributed by atoms with van der Waals surface area (Å²) in [5.74, 6) is 3.52. The average molecular weight is 556 g/mol. The standard InChI is InChI=1S/C34H53NO5/c1-23-17-30-29(35(21-23)11-12-38-15-16-39-14-13-37-4)20-34(40-30)10-8-27-26-6-5-24-18-25(36)7-9-31(24,2)28(26)19-33(27)22-32(33,34)3/h18,23,26-30H,5-17,19-22H2,1-4H3. The van der Waals surface area contributed by atoms with E-state index in [4.69, 9.17) is 18.9 Å². The molecule has 0 bridgehead atoms. The van der Waals surface area contributed by atoms with Gasteiger partial charge in [0.2, 0.25) is 0 Å². The van der Waals surface area contributed by atoms with Crippen LogP contribution in [0.4, 0.5) is 0 Å². The van der Waals surface area contributed by atoms with Crippen LogP contribution in [0.5, 0.6) is 0 Å². The van der Waals surface area contributed by atoms with Crippen LogP contribution in [0.1, 0.15) is 85.0 Å². The number of ketones is 1. The lowest BCUT2D eigenvalue weighted by molar-refractivity contribution is -0.137. The first-order chi connectivity index (χ1) is 19.3. The van der Waals surface area contributed by atoms with Crippen LogP contribution >= 0.6 is 0 Å². The van der Waals surface area contributed by atoms with Gasteiger partial charge in [0.15, 0.2) is 5.78 Å². The molecule has 2 saturated heterocycles. The van der Waals surface area contributed by atoms with Crippen molar-refractivity contribution in [1.29, 1.82) is 0 Å². The molecular formula is C34H53NO5. The number of nitrogens with zero attached hydrogens (tertiary/aromatic N) is 1. The minimum atomic E-state index is 0.0484. The first-order valence-corrected chi connectivity index (χ1v) is 16.6. The van der Waals surface area contributed by atoms with Gasteiger partial charge in [-0.2, -0.15) is 0 Å². The topological polar surface area (TPSA) is 57.2 Å². The van der Waals surface area contributed by atoms with E-state index >= 15 is 0 Å². The molecule has 0 amide bonds. The van der Waals surface area contributed by atoms with E-state index in [1.165, 1.54) is 50.5 Å². The van der Waals surface area contributed by atoms with Crippen LogP contribution in [0.25, 0.3) is 0 Å². The Morgan fingerprint density at radius 1 is 1.00 bits per heavy atom. The van der Waals surface area contributed by atoms with Crippen molar-refractivity contribution in [2.75, 3.05) is 53.2 Å². The molecular weight excluding hydrogens is 502 g/mol. The molecule has 10 unspecified atom stereocenters. The van der Waals surface area contributed by atoms with Gasteiger partial charge >= 0.3 is 0 Å². The molecule has 224 valence electrons. The first kappa shape index (κ1) is 28.0. The van der Waals surface area contributed by atoms with Crippen LogP contribution in [-0.2, 0) is 23.7 Å². The summed E-state index contributed by atoms with van der Waals surface area (Å²) in [6.07, 6.45) is 14.5. The van der Waals surface area contributed by atoms with Gasteiger partial charge in [0.05, 0.1) is 44.7 Å². The summed E-state index contributed by atoms with van der Waals surface area (Å²) in [4.78, 5) is 15.0. The predicted molar refractivity (Wildman–Crippen MR) is 154 cm³/mol. The number of piperidine rings is 1. The third kappa shape index (κ3) is 4.09. The van der Waals surface area contributed by atoms with Crippen LogP contribution in [0.2, 0.25) is 0 Å². The van der Waals surface area contributed by atoms with Crippen molar-refractivity contribution in [2.45, 2.75) is 103 Å². The van der Waals surface area contributed by atoms with Gasteiger partial charge in [0.1, 0.15) is 0 Å². The van der Waals surface area contributed by atoms with Gasteiger partial charge in [0, 0.05) is 38.1 Å². The van der Waals surface area contributed by atoms with Crippen LogP contribution in [0, 0.1) is 39.9 Å². The number of methoxy groups -OCH3 is 1. The zero-order chi connectivity index (χ0) is 27.8. The quantitative estimate of drug-likeness (QED) is 0.354. The number of carbonyl (C=O) groups excluding carboxylic acids is 1. The maximum absolute atomic E-state index is 12.3. The monoisotopic (exact) mass is 555 g/mol. The largest absolute Gasteiger partial charge is 0.382 e. The lowest BCUT2D eigenvalue weighted by Crippen LogP contribution is -2.50. The summed E-state index contributed by atoms with van der Waals surface area (Å²) in [5, 5.41) is 0. The second-order valence-electron chi connectivity index (χ2n) is 15.4. The van der Waals surface area contributed by atoms with Crippen molar-refractivity contribution in [2.24, 2.45) is 39.9 Å². The minimum Gasteiger partial charge on any atom is -0.382 e. The number of fused-ring (bicyclic) bond motifs is 6. The van der Waals surface area contributed by atoms with Crippen molar-refractivity contribution >= 4 is 5.78 Å². The van der Waals surface area contributed by atoms with Crippen molar-refractivity contribution in [3.63, 3.8) is 0 Å². The highest BCUT2D eigenvalue weighted by molar-refractivity contribution is 5.91. The zero-order valence-corrected chi connectivity index (χ0v) is 25.6. The Balaban J connectivity index is 1.03. The van der Waals surface area contributed by atoms with E-state index in [9.17, 15) is 4.79 Å². The SMILES string of the molecule is COCCOCCOCCN1CC(C)CC2OC3(CCC4C5CCC6=CC(=O)CCC6(C)C5CC45CC35C)CC21. The maximum Gasteiger partial charge on any atom is 0.155 e. The van der Waals surface area contributed by atoms with E-state index < -0.39 is 0 Å². The lowest BCUT2D eigenvalue weighted by atomic mass is 9.56. The van der Waals surface area contributed by atoms with Crippen molar-refractivity contribution in [1.82, 2.24) is 4.90 Å². The summed E-state index contributed by atoms with van der Waals surface area (Å²) < 4.78 is 24.0. The number of rotatable bonds is 9. The maximum atomic E-state index is 12.3. The summed E-state index contributed by atoms with van der Waals surface area (Å²) in [7, 11) is 1.70. The predicted octanol–water partition coefficient (Wildman–Crippen LogP) is 5.44. The second-order valence-corrected chi connectivity index (χ2v) is 15.4. The van der Waals surface area contributed by atoms with Crippen molar-refractivity contribution in [3.05, 3.63) is 11.6 Å². The fourth-order valence-corrected chi connectivity index (χ4v) is 11.6. The van der Waals surface area contributed by atoms with Crippen LogP contribution < -0.4 is 0 Å². The van der Waals surface area contributed by atoms with Crippen LogP contribution in [0.3, 0.4) is 0 Å². The molecule has 0 aromatic carbocycles. The van der Waals surface area contributed by atoms with Gasteiger partial charge in [-0.1, -0.05) is 26.3 Å². The highest BCUT2D eigenvalue weighted by Crippen LogP contribution is 2.86. The van der Waals surface area contributed by atoms with Gasteiger partial charge in [-0.15, -0.1) is 0 Å². The zero-order valence-electron chi connectivity index (χ0n) is 25.6. The van der Waals surface area contributed by atoms with Gasteiger partial charge in [-0.3, -0.25) is 9.69 Å². The fraction of sp³-hybridized carbons (Fsp3) is 0.912.